The van der Waals surface area contributed by atoms with E-state index in [2.05, 4.69) is 193 Å². The van der Waals surface area contributed by atoms with Crippen LogP contribution >= 0.6 is 11.3 Å². The second kappa shape index (κ2) is 12.5. The van der Waals surface area contributed by atoms with E-state index in [1.54, 1.807) is 0 Å². The highest BCUT2D eigenvalue weighted by Crippen LogP contribution is 2.49. The van der Waals surface area contributed by atoms with Gasteiger partial charge in [-0.1, -0.05) is 133 Å². The molecule has 2 heterocycles. The Morgan fingerprint density at radius 3 is 2.13 bits per heavy atom. The second-order valence-electron chi connectivity index (χ2n) is 14.0. The number of hydrogen-bond acceptors (Lipinski definition) is 3. The van der Waals surface area contributed by atoms with Crippen LogP contribution in [-0.2, 0) is 0 Å². The van der Waals surface area contributed by atoms with Crippen LogP contribution in [0.15, 0.2) is 186 Å². The molecule has 2 nitrogen and oxygen atoms in total. The quantitative estimate of drug-likeness (QED) is 0.177. The van der Waals surface area contributed by atoms with Gasteiger partial charge in [0.25, 0.3) is 0 Å². The lowest BCUT2D eigenvalue weighted by Crippen LogP contribution is -2.12. The summed E-state index contributed by atoms with van der Waals surface area (Å²) in [7, 11) is 0. The van der Waals surface area contributed by atoms with Crippen molar-refractivity contribution in [2.45, 2.75) is 6.42 Å². The van der Waals surface area contributed by atoms with Gasteiger partial charge in [0.2, 0.25) is 0 Å². The molecule has 0 unspecified atom stereocenters. The number of rotatable bonds is 5. The number of hydrogen-bond donors (Lipinski definition) is 0. The van der Waals surface area contributed by atoms with Crippen molar-refractivity contribution in [1.29, 1.82) is 0 Å². The van der Waals surface area contributed by atoms with Crippen molar-refractivity contribution in [2.75, 3.05) is 4.90 Å². The predicted molar refractivity (Wildman–Crippen MR) is 231 cm³/mol. The first-order chi connectivity index (χ1) is 26.8. The monoisotopic (exact) mass is 707 g/mol. The Bertz CT molecular complexity index is 3140. The molecule has 0 saturated carbocycles. The summed E-state index contributed by atoms with van der Waals surface area (Å²) >= 11 is 1.85. The van der Waals surface area contributed by atoms with Gasteiger partial charge in [-0.3, -0.25) is 0 Å². The van der Waals surface area contributed by atoms with Gasteiger partial charge < -0.3 is 9.32 Å². The third kappa shape index (κ3) is 4.93. The van der Waals surface area contributed by atoms with E-state index in [9.17, 15) is 0 Å². The maximum Gasteiger partial charge on any atom is 0.143 e. The summed E-state index contributed by atoms with van der Waals surface area (Å²) in [6.45, 7) is 0. The zero-order valence-electron chi connectivity index (χ0n) is 29.4. The minimum absolute atomic E-state index is 0.814. The predicted octanol–water partition coefficient (Wildman–Crippen LogP) is 15.1. The Labute approximate surface area is 317 Å². The number of anilines is 3. The fraction of sp³-hybridized carbons (Fsp3) is 0.0196. The number of thiophene rings is 1. The fourth-order valence-electron chi connectivity index (χ4n) is 8.36. The summed E-state index contributed by atoms with van der Waals surface area (Å²) in [4.78, 5) is 2.47. The normalized spacial score (nSPS) is 12.8. The largest absolute Gasteiger partial charge is 0.455 e. The van der Waals surface area contributed by atoms with Gasteiger partial charge in [0.1, 0.15) is 11.3 Å². The van der Waals surface area contributed by atoms with E-state index in [-0.39, 0.29) is 0 Å². The standard InChI is InChI=1S/C51H33NOS/c1-2-14-36-32-37(25-24-33(36)12-1)34-26-29-38(30-27-34)52(45-20-11-23-48-50(45)42-18-7-10-22-47(42)54-48)44-19-8-5-16-40(44)41-17-6-9-21-46-49(41)43-31-28-35-13-3-4-15-39(35)51(43)53-46/h1-5,7-32H,6H2. The Balaban J connectivity index is 1.13. The first kappa shape index (κ1) is 30.9. The van der Waals surface area contributed by atoms with E-state index in [0.29, 0.717) is 0 Å². The molecular weight excluding hydrogens is 675 g/mol. The average Bonchev–Trinajstić information content (AvgIpc) is 3.73. The molecule has 54 heavy (non-hydrogen) atoms. The number of furan rings is 1. The van der Waals surface area contributed by atoms with Crippen molar-refractivity contribution in [3.63, 3.8) is 0 Å². The number of fused-ring (bicyclic) bond motifs is 9. The molecule has 1 aliphatic rings. The molecule has 2 aromatic heterocycles. The highest BCUT2D eigenvalue weighted by Gasteiger charge is 2.26. The van der Waals surface area contributed by atoms with Crippen LogP contribution in [0.25, 0.3) is 75.5 Å². The van der Waals surface area contributed by atoms with Crippen LogP contribution in [0.4, 0.5) is 17.1 Å². The van der Waals surface area contributed by atoms with Gasteiger partial charge in [-0.15, -0.1) is 11.3 Å². The highest BCUT2D eigenvalue weighted by atomic mass is 32.1. The lowest BCUT2D eigenvalue weighted by molar-refractivity contribution is 0.606. The van der Waals surface area contributed by atoms with Crippen molar-refractivity contribution in [1.82, 2.24) is 0 Å². The van der Waals surface area contributed by atoms with E-state index in [4.69, 9.17) is 4.42 Å². The molecule has 0 bridgehead atoms. The molecule has 1 aliphatic carbocycles. The number of nitrogens with zero attached hydrogens (tertiary/aromatic N) is 1. The third-order valence-electron chi connectivity index (χ3n) is 10.9. The molecule has 10 aromatic rings. The van der Waals surface area contributed by atoms with Crippen molar-refractivity contribution >= 4 is 92.7 Å². The van der Waals surface area contributed by atoms with E-state index in [1.165, 1.54) is 53.0 Å². The molecule has 3 heteroatoms. The van der Waals surface area contributed by atoms with Crippen LogP contribution in [-0.4, -0.2) is 0 Å². The smallest absolute Gasteiger partial charge is 0.143 e. The van der Waals surface area contributed by atoms with E-state index in [1.807, 2.05) is 11.3 Å². The summed E-state index contributed by atoms with van der Waals surface area (Å²) in [6, 6.07) is 61.7. The molecule has 0 saturated heterocycles. The molecular formula is C51H33NOS. The van der Waals surface area contributed by atoms with Gasteiger partial charge in [-0.2, -0.15) is 0 Å². The van der Waals surface area contributed by atoms with Crippen molar-refractivity contribution in [3.05, 3.63) is 199 Å². The third-order valence-corrected chi connectivity index (χ3v) is 12.0. The molecule has 0 N–H and O–H groups in total. The topological polar surface area (TPSA) is 16.4 Å². The van der Waals surface area contributed by atoms with E-state index < -0.39 is 0 Å². The van der Waals surface area contributed by atoms with Gasteiger partial charge in [0, 0.05) is 47.8 Å². The molecule has 8 aromatic carbocycles. The lowest BCUT2D eigenvalue weighted by atomic mass is 9.92. The van der Waals surface area contributed by atoms with Crippen LogP contribution in [0.3, 0.4) is 0 Å². The van der Waals surface area contributed by atoms with Crippen LogP contribution in [0, 0.1) is 0 Å². The van der Waals surface area contributed by atoms with E-state index in [0.717, 1.165) is 56.7 Å². The summed E-state index contributed by atoms with van der Waals surface area (Å²) < 4.78 is 9.31. The van der Waals surface area contributed by atoms with Gasteiger partial charge in [-0.25, -0.2) is 0 Å². The van der Waals surface area contributed by atoms with Crippen LogP contribution in [0.2, 0.25) is 0 Å². The summed E-state index contributed by atoms with van der Waals surface area (Å²) in [5.41, 5.74) is 10.2. The summed E-state index contributed by atoms with van der Waals surface area (Å²) in [5.74, 6) is 0.900. The molecule has 0 fully saturated rings. The SMILES string of the molecule is C1=Cc2oc3c(ccc4ccccc43)c2C(c2ccccc2N(c2ccc(-c3ccc4ccccc4c3)cc2)c2cccc3sc4ccccc4c23)=CC1. The molecule has 254 valence electrons. The lowest BCUT2D eigenvalue weighted by Gasteiger charge is -2.29. The van der Waals surface area contributed by atoms with Gasteiger partial charge in [-0.05, 0) is 93.9 Å². The van der Waals surface area contributed by atoms with Gasteiger partial charge in [0.15, 0.2) is 0 Å². The Hall–Kier alpha value is -6.68. The van der Waals surface area contributed by atoms with Gasteiger partial charge in [0.05, 0.1) is 11.4 Å². The van der Waals surface area contributed by atoms with E-state index >= 15 is 0 Å². The van der Waals surface area contributed by atoms with Crippen molar-refractivity contribution in [3.8, 4) is 11.1 Å². The van der Waals surface area contributed by atoms with Crippen LogP contribution < -0.4 is 4.90 Å². The summed E-state index contributed by atoms with van der Waals surface area (Å²) in [6.07, 6.45) is 7.54. The van der Waals surface area contributed by atoms with Crippen molar-refractivity contribution in [2.24, 2.45) is 0 Å². The zero-order valence-corrected chi connectivity index (χ0v) is 30.2. The highest BCUT2D eigenvalue weighted by molar-refractivity contribution is 7.26. The number of para-hydroxylation sites is 1. The minimum atomic E-state index is 0.814. The number of allylic oxidation sites excluding steroid dienone is 2. The maximum atomic E-state index is 6.74. The zero-order chi connectivity index (χ0) is 35.6. The molecule has 0 aliphatic heterocycles. The maximum absolute atomic E-state index is 6.74. The molecule has 0 radical (unpaired) electrons. The molecule has 0 spiro atoms. The number of benzene rings is 8. The fourth-order valence-corrected chi connectivity index (χ4v) is 9.49. The molecule has 11 rings (SSSR count). The minimum Gasteiger partial charge on any atom is -0.455 e. The van der Waals surface area contributed by atoms with Crippen LogP contribution in [0.5, 0.6) is 0 Å². The Morgan fingerprint density at radius 2 is 1.22 bits per heavy atom. The second-order valence-corrected chi connectivity index (χ2v) is 15.1. The Morgan fingerprint density at radius 1 is 0.519 bits per heavy atom. The Kier molecular flexibility index (Phi) is 7.14. The van der Waals surface area contributed by atoms with Crippen LogP contribution in [0.1, 0.15) is 23.3 Å². The molecule has 0 atom stereocenters. The average molecular weight is 708 g/mol. The van der Waals surface area contributed by atoms with Crippen molar-refractivity contribution < 1.29 is 4.42 Å². The molecule has 0 amide bonds. The first-order valence-corrected chi connectivity index (χ1v) is 19.3. The summed E-state index contributed by atoms with van der Waals surface area (Å²) in [5, 5.41) is 8.48. The van der Waals surface area contributed by atoms with Gasteiger partial charge >= 0.3 is 0 Å². The first-order valence-electron chi connectivity index (χ1n) is 18.5.